The van der Waals surface area contributed by atoms with Gasteiger partial charge in [0, 0.05) is 27.3 Å². The molecule has 2 nitrogen and oxygen atoms in total. The molecular formula is C19H25ClN2. The van der Waals surface area contributed by atoms with E-state index in [2.05, 4.69) is 48.9 Å². The molecule has 2 N–H and O–H groups in total. The van der Waals surface area contributed by atoms with E-state index in [0.717, 1.165) is 35.1 Å². The molecule has 0 bridgehead atoms. The number of hydrogen-bond donors (Lipinski definition) is 2. The van der Waals surface area contributed by atoms with Gasteiger partial charge in [0.05, 0.1) is 6.54 Å². The molecule has 1 heterocycles. The molecule has 0 amide bonds. The number of benzene rings is 1. The first-order valence-electron chi connectivity index (χ1n) is 8.25. The molecule has 1 aliphatic rings. The maximum atomic E-state index is 6.37. The van der Waals surface area contributed by atoms with E-state index in [0.29, 0.717) is 5.92 Å². The largest absolute Gasteiger partial charge is 0.383 e. The summed E-state index contributed by atoms with van der Waals surface area (Å²) in [6.45, 7) is 9.29. The van der Waals surface area contributed by atoms with Crippen molar-refractivity contribution in [1.29, 1.82) is 0 Å². The lowest BCUT2D eigenvalue weighted by molar-refractivity contribution is 0.309. The fraction of sp³-hybridized carbons (Fsp3) is 0.474. The average Bonchev–Trinajstić information content (AvgIpc) is 2.81. The van der Waals surface area contributed by atoms with Crippen LogP contribution in [0.3, 0.4) is 0 Å². The van der Waals surface area contributed by atoms with Gasteiger partial charge in [0.25, 0.3) is 0 Å². The highest BCUT2D eigenvalue weighted by Crippen LogP contribution is 2.31. The maximum absolute atomic E-state index is 6.37. The van der Waals surface area contributed by atoms with Crippen molar-refractivity contribution in [3.05, 3.63) is 46.8 Å². The summed E-state index contributed by atoms with van der Waals surface area (Å²) in [4.78, 5) is 3.49. The first-order chi connectivity index (χ1) is 10.5. The van der Waals surface area contributed by atoms with E-state index in [9.17, 15) is 0 Å². The smallest absolute Gasteiger partial charge is 0.0548 e. The van der Waals surface area contributed by atoms with Gasteiger partial charge in [-0.15, -0.1) is 0 Å². The minimum Gasteiger partial charge on any atom is -0.383 e. The number of nitrogens with one attached hydrogen (secondary N) is 2. The molecule has 0 spiro atoms. The van der Waals surface area contributed by atoms with Crippen molar-refractivity contribution in [3.63, 3.8) is 0 Å². The highest BCUT2D eigenvalue weighted by Gasteiger charge is 2.18. The molecule has 1 fully saturated rings. The van der Waals surface area contributed by atoms with Crippen LogP contribution >= 0.6 is 11.6 Å². The zero-order valence-electron chi connectivity index (χ0n) is 13.5. The van der Waals surface area contributed by atoms with E-state index < -0.39 is 0 Å². The lowest BCUT2D eigenvalue weighted by Gasteiger charge is -2.26. The molecule has 118 valence electrons. The standard InChI is InChI=1S/C19H25ClN2/c1-12(2)17-10-19-15(9-18(17)20)8-16(22-19)11-21-13(3)7-14-5-4-6-14/h8-10,12,14,21-22H,3-7,11H2,1-2H3. The van der Waals surface area contributed by atoms with Crippen LogP contribution in [0.2, 0.25) is 5.02 Å². The Morgan fingerprint density at radius 3 is 2.77 bits per heavy atom. The van der Waals surface area contributed by atoms with Gasteiger partial charge in [0.15, 0.2) is 0 Å². The molecule has 0 saturated heterocycles. The summed E-state index contributed by atoms with van der Waals surface area (Å²) in [7, 11) is 0. The van der Waals surface area contributed by atoms with Crippen molar-refractivity contribution in [1.82, 2.24) is 10.3 Å². The second kappa shape index (κ2) is 6.37. The molecular weight excluding hydrogens is 292 g/mol. The summed E-state index contributed by atoms with van der Waals surface area (Å²) in [5.74, 6) is 1.29. The number of allylic oxidation sites excluding steroid dienone is 1. The number of aromatic nitrogens is 1. The van der Waals surface area contributed by atoms with Crippen LogP contribution in [0.4, 0.5) is 0 Å². The molecule has 1 saturated carbocycles. The Labute approximate surface area is 137 Å². The first-order valence-corrected chi connectivity index (χ1v) is 8.63. The fourth-order valence-electron chi connectivity index (χ4n) is 3.11. The number of halogens is 1. The second-order valence-corrected chi connectivity index (χ2v) is 7.28. The van der Waals surface area contributed by atoms with Gasteiger partial charge in [-0.3, -0.25) is 0 Å². The van der Waals surface area contributed by atoms with Gasteiger partial charge in [-0.05, 0) is 42.0 Å². The lowest BCUT2D eigenvalue weighted by Crippen LogP contribution is -2.18. The fourth-order valence-corrected chi connectivity index (χ4v) is 3.50. The Bertz CT molecular complexity index is 680. The predicted molar refractivity (Wildman–Crippen MR) is 95.3 cm³/mol. The van der Waals surface area contributed by atoms with Crippen LogP contribution in [-0.4, -0.2) is 4.98 Å². The molecule has 0 radical (unpaired) electrons. The van der Waals surface area contributed by atoms with Crippen molar-refractivity contribution in [2.24, 2.45) is 5.92 Å². The van der Waals surface area contributed by atoms with Gasteiger partial charge in [-0.1, -0.05) is 51.3 Å². The third-order valence-corrected chi connectivity index (χ3v) is 5.03. The SMILES string of the molecule is C=C(CC1CCC1)NCc1cc2cc(Cl)c(C(C)C)cc2[nH]1. The van der Waals surface area contributed by atoms with Gasteiger partial charge in [0.2, 0.25) is 0 Å². The average molecular weight is 317 g/mol. The number of fused-ring (bicyclic) bond motifs is 1. The Kier molecular flexibility index (Phi) is 4.49. The van der Waals surface area contributed by atoms with Gasteiger partial charge >= 0.3 is 0 Å². The molecule has 3 heteroatoms. The van der Waals surface area contributed by atoms with Gasteiger partial charge in [0.1, 0.15) is 0 Å². The molecule has 2 aromatic rings. The number of hydrogen-bond acceptors (Lipinski definition) is 1. The lowest BCUT2D eigenvalue weighted by atomic mass is 9.82. The van der Waals surface area contributed by atoms with Gasteiger partial charge in [-0.25, -0.2) is 0 Å². The van der Waals surface area contributed by atoms with Crippen LogP contribution in [0.1, 0.15) is 56.7 Å². The zero-order valence-corrected chi connectivity index (χ0v) is 14.3. The Morgan fingerprint density at radius 1 is 1.36 bits per heavy atom. The van der Waals surface area contributed by atoms with Gasteiger partial charge < -0.3 is 10.3 Å². The molecule has 3 rings (SSSR count). The molecule has 0 unspecified atom stereocenters. The topological polar surface area (TPSA) is 27.8 Å². The van der Waals surface area contributed by atoms with Crippen molar-refractivity contribution in [2.75, 3.05) is 0 Å². The van der Waals surface area contributed by atoms with Crippen LogP contribution in [0.5, 0.6) is 0 Å². The number of aromatic amines is 1. The highest BCUT2D eigenvalue weighted by atomic mass is 35.5. The van der Waals surface area contributed by atoms with Crippen LogP contribution in [0, 0.1) is 5.92 Å². The molecule has 0 atom stereocenters. The summed E-state index contributed by atoms with van der Waals surface area (Å²) in [6, 6.07) is 6.42. The normalized spacial score (nSPS) is 15.3. The third-order valence-electron chi connectivity index (χ3n) is 4.70. The summed E-state index contributed by atoms with van der Waals surface area (Å²) in [5.41, 5.74) is 4.70. The zero-order chi connectivity index (χ0) is 15.7. The maximum Gasteiger partial charge on any atom is 0.0548 e. The first kappa shape index (κ1) is 15.5. The minimum atomic E-state index is 0.434. The molecule has 1 aliphatic carbocycles. The molecule has 1 aromatic heterocycles. The summed E-state index contributed by atoms with van der Waals surface area (Å²) in [5, 5.41) is 5.49. The highest BCUT2D eigenvalue weighted by molar-refractivity contribution is 6.32. The van der Waals surface area contributed by atoms with E-state index in [1.807, 2.05) is 0 Å². The van der Waals surface area contributed by atoms with Crippen LogP contribution in [-0.2, 0) is 6.54 Å². The quantitative estimate of drug-likeness (QED) is 0.699. The Morgan fingerprint density at radius 2 is 2.14 bits per heavy atom. The van der Waals surface area contributed by atoms with E-state index in [-0.39, 0.29) is 0 Å². The van der Waals surface area contributed by atoms with Crippen LogP contribution in [0.25, 0.3) is 10.9 Å². The number of H-pyrrole nitrogens is 1. The minimum absolute atomic E-state index is 0.434. The van der Waals surface area contributed by atoms with Gasteiger partial charge in [-0.2, -0.15) is 0 Å². The second-order valence-electron chi connectivity index (χ2n) is 6.87. The monoisotopic (exact) mass is 316 g/mol. The summed E-state index contributed by atoms with van der Waals surface area (Å²) < 4.78 is 0. The van der Waals surface area contributed by atoms with Crippen molar-refractivity contribution in [2.45, 2.75) is 52.0 Å². The van der Waals surface area contributed by atoms with E-state index in [1.54, 1.807) is 0 Å². The predicted octanol–water partition coefficient (Wildman–Crippen LogP) is 5.74. The van der Waals surface area contributed by atoms with E-state index in [1.165, 1.54) is 35.9 Å². The third kappa shape index (κ3) is 3.33. The molecule has 22 heavy (non-hydrogen) atoms. The summed E-state index contributed by atoms with van der Waals surface area (Å²) >= 11 is 6.37. The van der Waals surface area contributed by atoms with E-state index in [4.69, 9.17) is 11.6 Å². The Hall–Kier alpha value is -1.41. The van der Waals surface area contributed by atoms with Crippen LogP contribution in [0.15, 0.2) is 30.5 Å². The van der Waals surface area contributed by atoms with Crippen LogP contribution < -0.4 is 5.32 Å². The van der Waals surface area contributed by atoms with Crippen molar-refractivity contribution < 1.29 is 0 Å². The molecule has 1 aromatic carbocycles. The van der Waals surface area contributed by atoms with Crippen molar-refractivity contribution >= 4 is 22.5 Å². The summed E-state index contributed by atoms with van der Waals surface area (Å²) in [6.07, 6.45) is 5.23. The Balaban J connectivity index is 1.67. The van der Waals surface area contributed by atoms with Crippen molar-refractivity contribution in [3.8, 4) is 0 Å². The molecule has 0 aliphatic heterocycles. The van der Waals surface area contributed by atoms with E-state index >= 15 is 0 Å². The number of rotatable bonds is 6.